The van der Waals surface area contributed by atoms with Crippen molar-refractivity contribution in [2.24, 2.45) is 0 Å². The Labute approximate surface area is 92.6 Å². The van der Waals surface area contributed by atoms with Crippen LogP contribution in [0.2, 0.25) is 0 Å². The van der Waals surface area contributed by atoms with Crippen LogP contribution < -0.4 is 10.1 Å². The summed E-state index contributed by atoms with van der Waals surface area (Å²) in [4.78, 5) is 0. The molecule has 4 rings (SSSR count). The Kier molecular flexibility index (Phi) is 1.43. The van der Waals surface area contributed by atoms with Crippen molar-refractivity contribution in [3.63, 3.8) is 0 Å². The molecule has 2 aliphatic rings. The zero-order chi connectivity index (χ0) is 10.5. The van der Waals surface area contributed by atoms with Crippen LogP contribution in [-0.2, 0) is 12.8 Å². The molecule has 0 saturated carbocycles. The van der Waals surface area contributed by atoms with Crippen molar-refractivity contribution in [2.45, 2.75) is 12.8 Å². The summed E-state index contributed by atoms with van der Waals surface area (Å²) in [6.45, 7) is 0.797. The molecular formula is C12H11N3O. The van der Waals surface area contributed by atoms with Crippen LogP contribution in [0.4, 0.5) is 11.4 Å². The highest BCUT2D eigenvalue weighted by atomic mass is 16.5. The van der Waals surface area contributed by atoms with Crippen molar-refractivity contribution >= 4 is 11.4 Å². The summed E-state index contributed by atoms with van der Waals surface area (Å²) in [5, 5.41) is 10.5. The van der Waals surface area contributed by atoms with Gasteiger partial charge in [0.15, 0.2) is 0 Å². The molecule has 4 nitrogen and oxygen atoms in total. The molecule has 0 amide bonds. The Bertz CT molecular complexity index is 574. The van der Waals surface area contributed by atoms with E-state index < -0.39 is 0 Å². The van der Waals surface area contributed by atoms with Crippen LogP contribution in [0.3, 0.4) is 0 Å². The highest BCUT2D eigenvalue weighted by molar-refractivity contribution is 5.75. The number of aromatic amines is 1. The van der Waals surface area contributed by atoms with E-state index in [1.54, 1.807) is 0 Å². The smallest absolute Gasteiger partial charge is 0.124 e. The molecule has 2 aromatic rings. The molecule has 0 fully saturated rings. The van der Waals surface area contributed by atoms with Crippen LogP contribution in [0.25, 0.3) is 0 Å². The summed E-state index contributed by atoms with van der Waals surface area (Å²) in [5.74, 6) is 1.03. The lowest BCUT2D eigenvalue weighted by molar-refractivity contribution is 0.357. The molecule has 4 heteroatoms. The largest absolute Gasteiger partial charge is 0.493 e. The molecule has 1 aromatic carbocycles. The van der Waals surface area contributed by atoms with E-state index in [1.165, 1.54) is 16.8 Å². The third-order valence-corrected chi connectivity index (χ3v) is 3.31. The monoisotopic (exact) mass is 213 g/mol. The normalized spacial score (nSPS) is 15.8. The number of nitrogens with one attached hydrogen (secondary N) is 2. The Morgan fingerprint density at radius 1 is 1.31 bits per heavy atom. The highest BCUT2D eigenvalue weighted by Gasteiger charge is 2.24. The van der Waals surface area contributed by atoms with E-state index in [9.17, 15) is 0 Å². The van der Waals surface area contributed by atoms with Crippen molar-refractivity contribution in [1.82, 2.24) is 10.2 Å². The fourth-order valence-corrected chi connectivity index (χ4v) is 2.51. The van der Waals surface area contributed by atoms with Gasteiger partial charge in [0.2, 0.25) is 0 Å². The number of hydrogen-bond donors (Lipinski definition) is 2. The van der Waals surface area contributed by atoms with Gasteiger partial charge in [0.05, 0.1) is 24.2 Å². The van der Waals surface area contributed by atoms with Gasteiger partial charge in [0.25, 0.3) is 0 Å². The predicted octanol–water partition coefficient (Wildman–Crippen LogP) is 1.99. The summed E-state index contributed by atoms with van der Waals surface area (Å²) < 4.78 is 5.57. The number of aromatic nitrogens is 2. The summed E-state index contributed by atoms with van der Waals surface area (Å²) >= 11 is 0. The van der Waals surface area contributed by atoms with Crippen LogP contribution in [0.15, 0.2) is 18.3 Å². The standard InChI is InChI=1S/C12H11N3O/c1-2-11-8(3-4-16-11)12-7(1)5-9-10(14-12)6-13-15-9/h1-2,6,14H,3-5H2,(H,13,15). The second-order valence-corrected chi connectivity index (χ2v) is 4.24. The van der Waals surface area contributed by atoms with Crippen LogP contribution in [0, 0.1) is 0 Å². The summed E-state index contributed by atoms with van der Waals surface area (Å²) in [7, 11) is 0. The fourth-order valence-electron chi connectivity index (χ4n) is 2.51. The molecule has 0 radical (unpaired) electrons. The number of ether oxygens (including phenoxy) is 1. The summed E-state index contributed by atoms with van der Waals surface area (Å²) in [5.41, 5.74) is 6.11. The van der Waals surface area contributed by atoms with Gasteiger partial charge >= 0.3 is 0 Å². The van der Waals surface area contributed by atoms with Gasteiger partial charge in [-0.3, -0.25) is 5.10 Å². The minimum atomic E-state index is 0.797. The van der Waals surface area contributed by atoms with Gasteiger partial charge in [-0.25, -0.2) is 0 Å². The first-order valence-electron chi connectivity index (χ1n) is 5.48. The zero-order valence-corrected chi connectivity index (χ0v) is 8.71. The van der Waals surface area contributed by atoms with Gasteiger partial charge in [-0.05, 0) is 11.6 Å². The first-order valence-corrected chi connectivity index (χ1v) is 5.48. The van der Waals surface area contributed by atoms with Crippen LogP contribution in [-0.4, -0.2) is 16.8 Å². The number of nitrogens with zero attached hydrogens (tertiary/aromatic N) is 1. The first-order chi connectivity index (χ1) is 7.92. The average molecular weight is 213 g/mol. The molecule has 0 bridgehead atoms. The van der Waals surface area contributed by atoms with Gasteiger partial charge < -0.3 is 10.1 Å². The lowest BCUT2D eigenvalue weighted by Crippen LogP contribution is -2.07. The topological polar surface area (TPSA) is 49.9 Å². The molecule has 2 N–H and O–H groups in total. The van der Waals surface area contributed by atoms with Crippen LogP contribution in [0.1, 0.15) is 16.8 Å². The molecule has 16 heavy (non-hydrogen) atoms. The van der Waals surface area contributed by atoms with E-state index in [1.807, 2.05) is 6.20 Å². The number of H-pyrrole nitrogens is 1. The number of benzene rings is 1. The van der Waals surface area contributed by atoms with Gasteiger partial charge in [-0.1, -0.05) is 6.07 Å². The van der Waals surface area contributed by atoms with E-state index in [0.29, 0.717) is 0 Å². The van der Waals surface area contributed by atoms with Gasteiger partial charge in [0, 0.05) is 24.1 Å². The Hall–Kier alpha value is -1.97. The average Bonchev–Trinajstić information content (AvgIpc) is 2.94. The van der Waals surface area contributed by atoms with Gasteiger partial charge in [-0.15, -0.1) is 0 Å². The SMILES string of the molecule is c1cc2c(c3c1Cc1[nH]ncc1N3)CCO2. The highest BCUT2D eigenvalue weighted by Crippen LogP contribution is 2.40. The van der Waals surface area contributed by atoms with E-state index in [0.717, 1.165) is 36.6 Å². The molecule has 0 saturated heterocycles. The molecule has 0 atom stereocenters. The maximum Gasteiger partial charge on any atom is 0.124 e. The summed E-state index contributed by atoms with van der Waals surface area (Å²) in [6.07, 6.45) is 3.76. The molecule has 3 heterocycles. The molecule has 80 valence electrons. The molecule has 0 aliphatic carbocycles. The predicted molar refractivity (Wildman–Crippen MR) is 60.3 cm³/mol. The molecule has 1 aromatic heterocycles. The number of rotatable bonds is 0. The Balaban J connectivity index is 1.91. The van der Waals surface area contributed by atoms with E-state index in [4.69, 9.17) is 4.74 Å². The van der Waals surface area contributed by atoms with E-state index in [-0.39, 0.29) is 0 Å². The minimum absolute atomic E-state index is 0.797. The molecular weight excluding hydrogens is 202 g/mol. The maximum atomic E-state index is 5.57. The number of fused-ring (bicyclic) bond motifs is 4. The lowest BCUT2D eigenvalue weighted by Gasteiger charge is -2.20. The minimum Gasteiger partial charge on any atom is -0.493 e. The van der Waals surface area contributed by atoms with Gasteiger partial charge in [0.1, 0.15) is 5.75 Å². The van der Waals surface area contributed by atoms with E-state index in [2.05, 4.69) is 27.6 Å². The second kappa shape index (κ2) is 2.78. The quantitative estimate of drug-likeness (QED) is 0.600. The van der Waals surface area contributed by atoms with Crippen molar-refractivity contribution < 1.29 is 4.74 Å². The zero-order valence-electron chi connectivity index (χ0n) is 8.71. The third kappa shape index (κ3) is 0.961. The molecule has 0 unspecified atom stereocenters. The van der Waals surface area contributed by atoms with Crippen molar-refractivity contribution in [3.8, 4) is 5.75 Å². The summed E-state index contributed by atoms with van der Waals surface area (Å²) in [6, 6.07) is 4.21. The third-order valence-electron chi connectivity index (χ3n) is 3.31. The second-order valence-electron chi connectivity index (χ2n) is 4.24. The Morgan fingerprint density at radius 3 is 3.31 bits per heavy atom. The molecule has 2 aliphatic heterocycles. The number of anilines is 2. The molecule has 0 spiro atoms. The van der Waals surface area contributed by atoms with Crippen molar-refractivity contribution in [3.05, 3.63) is 35.2 Å². The van der Waals surface area contributed by atoms with E-state index >= 15 is 0 Å². The maximum absolute atomic E-state index is 5.57. The van der Waals surface area contributed by atoms with Crippen molar-refractivity contribution in [1.29, 1.82) is 0 Å². The Morgan fingerprint density at radius 2 is 2.31 bits per heavy atom. The first kappa shape index (κ1) is 8.21. The van der Waals surface area contributed by atoms with Crippen LogP contribution in [0.5, 0.6) is 5.75 Å². The lowest BCUT2D eigenvalue weighted by atomic mass is 9.97. The van der Waals surface area contributed by atoms with Crippen LogP contribution >= 0.6 is 0 Å². The number of hydrogen-bond acceptors (Lipinski definition) is 3. The van der Waals surface area contributed by atoms with Gasteiger partial charge in [-0.2, -0.15) is 5.10 Å². The van der Waals surface area contributed by atoms with Crippen molar-refractivity contribution in [2.75, 3.05) is 11.9 Å². The fraction of sp³-hybridized carbons (Fsp3) is 0.250.